The fourth-order valence-electron chi connectivity index (χ4n) is 2.48. The number of halogens is 1. The van der Waals surface area contributed by atoms with E-state index >= 15 is 0 Å². The molecule has 0 saturated carbocycles. The first-order valence-corrected chi connectivity index (χ1v) is 8.70. The van der Waals surface area contributed by atoms with E-state index in [1.165, 1.54) is 30.9 Å². The summed E-state index contributed by atoms with van der Waals surface area (Å²) in [6.45, 7) is 9.80. The van der Waals surface area contributed by atoms with E-state index in [0.29, 0.717) is 6.04 Å². The van der Waals surface area contributed by atoms with Gasteiger partial charge in [0.2, 0.25) is 0 Å². The Morgan fingerprint density at radius 2 is 1.95 bits per heavy atom. The molecular formula is C17H22BrNS. The van der Waals surface area contributed by atoms with Crippen LogP contribution < -0.4 is 5.32 Å². The molecule has 2 aromatic rings. The van der Waals surface area contributed by atoms with Crippen LogP contribution in [-0.4, -0.2) is 6.54 Å². The Balaban J connectivity index is 2.41. The highest BCUT2D eigenvalue weighted by atomic mass is 79.9. The van der Waals surface area contributed by atoms with Gasteiger partial charge in [-0.2, -0.15) is 0 Å². The van der Waals surface area contributed by atoms with Crippen LogP contribution in [0.15, 0.2) is 28.7 Å². The Bertz CT molecular complexity index is 589. The van der Waals surface area contributed by atoms with E-state index in [9.17, 15) is 0 Å². The van der Waals surface area contributed by atoms with Gasteiger partial charge in [-0.1, -0.05) is 35.0 Å². The normalized spacial score (nSPS) is 12.7. The van der Waals surface area contributed by atoms with E-state index in [-0.39, 0.29) is 0 Å². The fraction of sp³-hybridized carbons (Fsp3) is 0.412. The first-order chi connectivity index (χ1) is 9.52. The SMILES string of the molecule is CCCNC(c1ccc(Br)c(C)c1)c1cc(C)sc1C. The van der Waals surface area contributed by atoms with Crippen molar-refractivity contribution < 1.29 is 0 Å². The average molecular weight is 352 g/mol. The molecule has 1 aromatic heterocycles. The van der Waals surface area contributed by atoms with Gasteiger partial charge in [0.1, 0.15) is 0 Å². The summed E-state index contributed by atoms with van der Waals surface area (Å²) in [6.07, 6.45) is 1.15. The molecule has 20 heavy (non-hydrogen) atoms. The van der Waals surface area contributed by atoms with E-state index < -0.39 is 0 Å². The molecule has 1 nitrogen and oxygen atoms in total. The van der Waals surface area contributed by atoms with Crippen LogP contribution >= 0.6 is 27.3 Å². The van der Waals surface area contributed by atoms with Gasteiger partial charge in [-0.15, -0.1) is 11.3 Å². The summed E-state index contributed by atoms with van der Waals surface area (Å²) in [5, 5.41) is 3.69. The number of hydrogen-bond donors (Lipinski definition) is 1. The quantitative estimate of drug-likeness (QED) is 0.747. The van der Waals surface area contributed by atoms with Gasteiger partial charge in [0.05, 0.1) is 6.04 Å². The van der Waals surface area contributed by atoms with Crippen LogP contribution in [0.1, 0.15) is 45.8 Å². The third-order valence-corrected chi connectivity index (χ3v) is 5.38. The minimum Gasteiger partial charge on any atom is -0.306 e. The topological polar surface area (TPSA) is 12.0 Å². The zero-order chi connectivity index (χ0) is 14.7. The number of hydrogen-bond acceptors (Lipinski definition) is 2. The highest BCUT2D eigenvalue weighted by molar-refractivity contribution is 9.10. The molecule has 0 bridgehead atoms. The largest absolute Gasteiger partial charge is 0.306 e. The maximum atomic E-state index is 3.69. The molecule has 1 unspecified atom stereocenters. The maximum absolute atomic E-state index is 3.69. The molecule has 0 fully saturated rings. The first-order valence-electron chi connectivity index (χ1n) is 7.09. The monoisotopic (exact) mass is 351 g/mol. The molecule has 0 radical (unpaired) electrons. The predicted octanol–water partition coefficient (Wildman–Crippen LogP) is 5.52. The second kappa shape index (κ2) is 6.88. The summed E-state index contributed by atoms with van der Waals surface area (Å²) < 4.78 is 1.17. The Morgan fingerprint density at radius 1 is 1.20 bits per heavy atom. The summed E-state index contributed by atoms with van der Waals surface area (Å²) >= 11 is 5.47. The molecule has 0 aliphatic carbocycles. The van der Waals surface area contributed by atoms with E-state index in [0.717, 1.165) is 13.0 Å². The minimum absolute atomic E-state index is 0.298. The van der Waals surface area contributed by atoms with Crippen molar-refractivity contribution in [1.29, 1.82) is 0 Å². The summed E-state index contributed by atoms with van der Waals surface area (Å²) in [4.78, 5) is 2.80. The molecule has 0 aliphatic rings. The smallest absolute Gasteiger partial charge is 0.0587 e. The van der Waals surface area contributed by atoms with Crippen molar-refractivity contribution in [2.75, 3.05) is 6.54 Å². The zero-order valence-corrected chi connectivity index (χ0v) is 15.0. The van der Waals surface area contributed by atoms with Crippen LogP contribution in [0.25, 0.3) is 0 Å². The molecule has 3 heteroatoms. The Hall–Kier alpha value is -0.640. The number of nitrogens with one attached hydrogen (secondary N) is 1. The molecular weight excluding hydrogens is 330 g/mol. The molecule has 0 spiro atoms. The Kier molecular flexibility index (Phi) is 5.42. The van der Waals surface area contributed by atoms with Crippen molar-refractivity contribution in [1.82, 2.24) is 5.32 Å². The second-order valence-corrected chi connectivity index (χ2v) is 7.58. The molecule has 1 atom stereocenters. The van der Waals surface area contributed by atoms with Gasteiger partial charge in [-0.25, -0.2) is 0 Å². The lowest BCUT2D eigenvalue weighted by Crippen LogP contribution is -2.23. The lowest BCUT2D eigenvalue weighted by molar-refractivity contribution is 0.597. The van der Waals surface area contributed by atoms with Crippen molar-refractivity contribution in [2.45, 2.75) is 40.2 Å². The van der Waals surface area contributed by atoms with Gasteiger partial charge in [0, 0.05) is 14.2 Å². The summed E-state index contributed by atoms with van der Waals surface area (Å²) in [5.74, 6) is 0. The second-order valence-electron chi connectivity index (χ2n) is 5.26. The minimum atomic E-state index is 0.298. The van der Waals surface area contributed by atoms with Crippen LogP contribution in [0.5, 0.6) is 0 Å². The Labute approximate surface area is 134 Å². The van der Waals surface area contributed by atoms with Crippen molar-refractivity contribution in [2.24, 2.45) is 0 Å². The third kappa shape index (κ3) is 3.51. The molecule has 0 saturated heterocycles. The van der Waals surface area contributed by atoms with Crippen LogP contribution in [0.3, 0.4) is 0 Å². The average Bonchev–Trinajstić information content (AvgIpc) is 2.73. The Morgan fingerprint density at radius 3 is 2.50 bits per heavy atom. The van der Waals surface area contributed by atoms with Crippen LogP contribution in [0.2, 0.25) is 0 Å². The number of thiophene rings is 1. The van der Waals surface area contributed by atoms with Crippen molar-refractivity contribution in [3.05, 3.63) is 55.2 Å². The van der Waals surface area contributed by atoms with Gasteiger partial charge in [0.15, 0.2) is 0 Å². The van der Waals surface area contributed by atoms with Gasteiger partial charge in [-0.05, 0) is 62.6 Å². The molecule has 0 amide bonds. The van der Waals surface area contributed by atoms with Gasteiger partial charge in [-0.3, -0.25) is 0 Å². The summed E-state index contributed by atoms with van der Waals surface area (Å²) in [6, 6.07) is 9.28. The first kappa shape index (κ1) is 15.7. The number of rotatable bonds is 5. The van der Waals surface area contributed by atoms with Crippen molar-refractivity contribution in [3.8, 4) is 0 Å². The molecule has 1 heterocycles. The van der Waals surface area contributed by atoms with Crippen molar-refractivity contribution in [3.63, 3.8) is 0 Å². The van der Waals surface area contributed by atoms with E-state index in [2.05, 4.69) is 73.2 Å². The molecule has 1 N–H and O–H groups in total. The molecule has 108 valence electrons. The standard InChI is InChI=1S/C17H22BrNS/c1-5-8-19-17(15-10-12(3)20-13(15)4)14-6-7-16(18)11(2)9-14/h6-7,9-10,17,19H,5,8H2,1-4H3. The van der Waals surface area contributed by atoms with E-state index in [4.69, 9.17) is 0 Å². The summed E-state index contributed by atoms with van der Waals surface area (Å²) in [7, 11) is 0. The number of benzene rings is 1. The lowest BCUT2D eigenvalue weighted by atomic mass is 9.97. The highest BCUT2D eigenvalue weighted by Crippen LogP contribution is 2.32. The zero-order valence-electron chi connectivity index (χ0n) is 12.6. The summed E-state index contributed by atoms with van der Waals surface area (Å²) in [5.41, 5.74) is 4.05. The number of aryl methyl sites for hydroxylation is 3. The highest BCUT2D eigenvalue weighted by Gasteiger charge is 2.17. The molecule has 0 aliphatic heterocycles. The predicted molar refractivity (Wildman–Crippen MR) is 92.8 cm³/mol. The van der Waals surface area contributed by atoms with Gasteiger partial charge in [0.25, 0.3) is 0 Å². The van der Waals surface area contributed by atoms with Crippen molar-refractivity contribution >= 4 is 27.3 Å². The van der Waals surface area contributed by atoms with E-state index in [1.807, 2.05) is 11.3 Å². The van der Waals surface area contributed by atoms with Gasteiger partial charge < -0.3 is 5.32 Å². The van der Waals surface area contributed by atoms with E-state index in [1.54, 1.807) is 0 Å². The molecule has 1 aromatic carbocycles. The van der Waals surface area contributed by atoms with Crippen LogP contribution in [0, 0.1) is 20.8 Å². The fourth-order valence-corrected chi connectivity index (χ4v) is 3.69. The lowest BCUT2D eigenvalue weighted by Gasteiger charge is -2.20. The molecule has 2 rings (SSSR count). The third-order valence-electron chi connectivity index (χ3n) is 3.50. The maximum Gasteiger partial charge on any atom is 0.0587 e. The van der Waals surface area contributed by atoms with Gasteiger partial charge >= 0.3 is 0 Å². The van der Waals surface area contributed by atoms with Crippen LogP contribution in [-0.2, 0) is 0 Å². The van der Waals surface area contributed by atoms with Crippen LogP contribution in [0.4, 0.5) is 0 Å².